The van der Waals surface area contributed by atoms with Crippen LogP contribution in [0.3, 0.4) is 0 Å². The lowest BCUT2D eigenvalue weighted by Crippen LogP contribution is -2.42. The minimum atomic E-state index is -0.186. The van der Waals surface area contributed by atoms with Crippen LogP contribution in [0.1, 0.15) is 39.2 Å². The Balaban J connectivity index is 1.80. The van der Waals surface area contributed by atoms with Gasteiger partial charge in [-0.05, 0) is 70.2 Å². The van der Waals surface area contributed by atoms with E-state index in [9.17, 15) is 4.39 Å². The summed E-state index contributed by atoms with van der Waals surface area (Å²) >= 11 is 0. The third-order valence-corrected chi connectivity index (χ3v) is 4.75. The number of guanidine groups is 1. The van der Waals surface area contributed by atoms with E-state index >= 15 is 0 Å². The lowest BCUT2D eigenvalue weighted by molar-refractivity contribution is 0.143. The van der Waals surface area contributed by atoms with Crippen molar-refractivity contribution in [2.75, 3.05) is 32.7 Å². The zero-order valence-electron chi connectivity index (χ0n) is 15.9. The first kappa shape index (κ1) is 19.7. The van der Waals surface area contributed by atoms with Crippen molar-refractivity contribution < 1.29 is 4.39 Å². The SMILES string of the molecule is CCNC(=NCC1CCCN(C(C)C)C1)NCCc1ccc(F)cc1. The van der Waals surface area contributed by atoms with Gasteiger partial charge >= 0.3 is 0 Å². The monoisotopic (exact) mass is 348 g/mol. The lowest BCUT2D eigenvalue weighted by atomic mass is 9.97. The molecule has 0 amide bonds. The van der Waals surface area contributed by atoms with E-state index in [1.807, 2.05) is 12.1 Å². The van der Waals surface area contributed by atoms with Crippen molar-refractivity contribution >= 4 is 5.96 Å². The van der Waals surface area contributed by atoms with E-state index < -0.39 is 0 Å². The number of halogens is 1. The van der Waals surface area contributed by atoms with Gasteiger partial charge in [-0.15, -0.1) is 0 Å². The molecule has 2 rings (SSSR count). The molecule has 2 N–H and O–H groups in total. The van der Waals surface area contributed by atoms with Crippen LogP contribution in [0, 0.1) is 11.7 Å². The second kappa shape index (κ2) is 10.4. The maximum Gasteiger partial charge on any atom is 0.191 e. The van der Waals surface area contributed by atoms with Crippen molar-refractivity contribution in [3.05, 3.63) is 35.6 Å². The van der Waals surface area contributed by atoms with E-state index in [2.05, 4.69) is 36.3 Å². The number of rotatable bonds is 7. The third-order valence-electron chi connectivity index (χ3n) is 4.75. The second-order valence-corrected chi connectivity index (χ2v) is 7.12. The van der Waals surface area contributed by atoms with Crippen molar-refractivity contribution in [1.29, 1.82) is 0 Å². The van der Waals surface area contributed by atoms with Crippen molar-refractivity contribution in [2.45, 2.75) is 46.1 Å². The van der Waals surface area contributed by atoms with E-state index in [1.54, 1.807) is 0 Å². The fraction of sp³-hybridized carbons (Fsp3) is 0.650. The molecule has 0 radical (unpaired) electrons. The number of nitrogens with zero attached hydrogens (tertiary/aromatic N) is 2. The van der Waals surface area contributed by atoms with Gasteiger partial charge in [0, 0.05) is 32.2 Å². The Morgan fingerprint density at radius 3 is 2.72 bits per heavy atom. The first-order valence-electron chi connectivity index (χ1n) is 9.59. The summed E-state index contributed by atoms with van der Waals surface area (Å²) in [6, 6.07) is 7.32. The second-order valence-electron chi connectivity index (χ2n) is 7.12. The van der Waals surface area contributed by atoms with Crippen LogP contribution in [0.25, 0.3) is 0 Å². The number of hydrogen-bond donors (Lipinski definition) is 2. The van der Waals surface area contributed by atoms with Crippen LogP contribution in [-0.2, 0) is 6.42 Å². The molecule has 1 aliphatic rings. The maximum atomic E-state index is 12.9. The Bertz CT molecular complexity index is 527. The predicted molar refractivity (Wildman–Crippen MR) is 104 cm³/mol. The standard InChI is InChI=1S/C20H33FN4/c1-4-22-20(23-12-11-17-7-9-19(21)10-8-17)24-14-18-6-5-13-25(15-18)16(2)3/h7-10,16,18H,4-6,11-15H2,1-3H3,(H2,22,23,24). The smallest absolute Gasteiger partial charge is 0.191 e. The van der Waals surface area contributed by atoms with Gasteiger partial charge in [0.05, 0.1) is 0 Å². The molecule has 1 aliphatic heterocycles. The Hall–Kier alpha value is -1.62. The minimum absolute atomic E-state index is 0.186. The van der Waals surface area contributed by atoms with E-state index in [1.165, 1.54) is 31.5 Å². The van der Waals surface area contributed by atoms with Crippen LogP contribution in [0.2, 0.25) is 0 Å². The van der Waals surface area contributed by atoms with Gasteiger partial charge in [0.2, 0.25) is 0 Å². The van der Waals surface area contributed by atoms with Crippen molar-refractivity contribution in [3.63, 3.8) is 0 Å². The summed E-state index contributed by atoms with van der Waals surface area (Å²) in [5.41, 5.74) is 1.13. The van der Waals surface area contributed by atoms with Crippen molar-refractivity contribution in [1.82, 2.24) is 15.5 Å². The number of likely N-dealkylation sites (tertiary alicyclic amines) is 1. The van der Waals surface area contributed by atoms with Gasteiger partial charge in [0.15, 0.2) is 5.96 Å². The summed E-state index contributed by atoms with van der Waals surface area (Å²) in [5.74, 6) is 1.34. The highest BCUT2D eigenvalue weighted by Crippen LogP contribution is 2.18. The molecule has 5 heteroatoms. The summed E-state index contributed by atoms with van der Waals surface area (Å²) in [5, 5.41) is 6.71. The zero-order valence-corrected chi connectivity index (χ0v) is 15.9. The van der Waals surface area contributed by atoms with Crippen LogP contribution in [-0.4, -0.2) is 49.6 Å². The summed E-state index contributed by atoms with van der Waals surface area (Å²) in [6.07, 6.45) is 3.39. The highest BCUT2D eigenvalue weighted by molar-refractivity contribution is 5.79. The molecule has 4 nitrogen and oxygen atoms in total. The summed E-state index contributed by atoms with van der Waals surface area (Å²) in [6.45, 7) is 11.5. The van der Waals surface area contributed by atoms with E-state index in [0.29, 0.717) is 12.0 Å². The average molecular weight is 349 g/mol. The predicted octanol–water partition coefficient (Wildman–Crippen LogP) is 3.04. The molecular weight excluding hydrogens is 315 g/mol. The van der Waals surface area contributed by atoms with Gasteiger partial charge in [-0.1, -0.05) is 12.1 Å². The van der Waals surface area contributed by atoms with Gasteiger partial charge < -0.3 is 15.5 Å². The number of piperidine rings is 1. The van der Waals surface area contributed by atoms with Crippen LogP contribution in [0.15, 0.2) is 29.3 Å². The largest absolute Gasteiger partial charge is 0.357 e. The van der Waals surface area contributed by atoms with Crippen LogP contribution in [0.4, 0.5) is 4.39 Å². The van der Waals surface area contributed by atoms with E-state index in [-0.39, 0.29) is 5.82 Å². The van der Waals surface area contributed by atoms with Gasteiger partial charge in [-0.3, -0.25) is 4.99 Å². The first-order valence-corrected chi connectivity index (χ1v) is 9.59. The maximum absolute atomic E-state index is 12.9. The fourth-order valence-corrected chi connectivity index (χ4v) is 3.25. The molecule has 1 heterocycles. The quantitative estimate of drug-likeness (QED) is 0.588. The molecule has 0 aromatic heterocycles. The van der Waals surface area contributed by atoms with E-state index in [4.69, 9.17) is 4.99 Å². The lowest BCUT2D eigenvalue weighted by Gasteiger charge is -2.34. The number of benzene rings is 1. The molecule has 1 aromatic carbocycles. The van der Waals surface area contributed by atoms with Crippen LogP contribution < -0.4 is 10.6 Å². The summed E-state index contributed by atoms with van der Waals surface area (Å²) < 4.78 is 12.9. The van der Waals surface area contributed by atoms with Gasteiger partial charge in [-0.2, -0.15) is 0 Å². The third kappa shape index (κ3) is 7.02. The molecule has 1 fully saturated rings. The highest BCUT2D eigenvalue weighted by Gasteiger charge is 2.21. The molecule has 25 heavy (non-hydrogen) atoms. The Kier molecular flexibility index (Phi) is 8.19. The molecule has 1 unspecified atom stereocenters. The van der Waals surface area contributed by atoms with Crippen LogP contribution in [0.5, 0.6) is 0 Å². The topological polar surface area (TPSA) is 39.7 Å². The van der Waals surface area contributed by atoms with Gasteiger partial charge in [0.25, 0.3) is 0 Å². The van der Waals surface area contributed by atoms with Crippen molar-refractivity contribution in [2.24, 2.45) is 10.9 Å². The number of aliphatic imine (C=N–C) groups is 1. The number of nitrogens with one attached hydrogen (secondary N) is 2. The molecule has 0 aliphatic carbocycles. The zero-order chi connectivity index (χ0) is 18.1. The molecule has 0 spiro atoms. The first-order chi connectivity index (χ1) is 12.1. The average Bonchev–Trinajstić information content (AvgIpc) is 2.61. The Labute approximate surface area is 151 Å². The van der Waals surface area contributed by atoms with Crippen molar-refractivity contribution in [3.8, 4) is 0 Å². The number of hydrogen-bond acceptors (Lipinski definition) is 2. The molecular formula is C20H33FN4. The molecule has 140 valence electrons. The Morgan fingerprint density at radius 1 is 1.28 bits per heavy atom. The normalized spacial score (nSPS) is 19.2. The van der Waals surface area contributed by atoms with Crippen LogP contribution >= 0.6 is 0 Å². The minimum Gasteiger partial charge on any atom is -0.357 e. The summed E-state index contributed by atoms with van der Waals surface area (Å²) in [4.78, 5) is 7.34. The summed E-state index contributed by atoms with van der Waals surface area (Å²) in [7, 11) is 0. The Morgan fingerprint density at radius 2 is 2.04 bits per heavy atom. The molecule has 1 saturated heterocycles. The molecule has 0 bridgehead atoms. The van der Waals surface area contributed by atoms with Gasteiger partial charge in [-0.25, -0.2) is 4.39 Å². The van der Waals surface area contributed by atoms with E-state index in [0.717, 1.165) is 44.1 Å². The van der Waals surface area contributed by atoms with Gasteiger partial charge in [0.1, 0.15) is 5.82 Å². The molecule has 0 saturated carbocycles. The molecule has 1 aromatic rings. The molecule has 1 atom stereocenters. The fourth-order valence-electron chi connectivity index (χ4n) is 3.25. The highest BCUT2D eigenvalue weighted by atomic mass is 19.1.